The topological polar surface area (TPSA) is 85.2 Å². The number of aryl methyl sites for hydroxylation is 2. The van der Waals surface area contributed by atoms with Crippen LogP contribution in [0.3, 0.4) is 0 Å². The van der Waals surface area contributed by atoms with Crippen molar-refractivity contribution in [2.45, 2.75) is 13.0 Å². The zero-order valence-electron chi connectivity index (χ0n) is 13.5. The van der Waals surface area contributed by atoms with Gasteiger partial charge in [-0.15, -0.1) is 0 Å². The molecule has 1 amide bonds. The number of aromatic nitrogens is 4. The van der Waals surface area contributed by atoms with E-state index in [0.29, 0.717) is 31.1 Å². The smallest absolute Gasteiger partial charge is 0.257 e. The minimum Gasteiger partial charge on any atom is -0.372 e. The van der Waals surface area contributed by atoms with Crippen molar-refractivity contribution in [2.24, 2.45) is 7.05 Å². The highest BCUT2D eigenvalue weighted by Gasteiger charge is 2.30. The number of morpholine rings is 1. The first-order chi connectivity index (χ1) is 11.1. The molecule has 1 aliphatic heterocycles. The maximum Gasteiger partial charge on any atom is 0.257 e. The van der Waals surface area contributed by atoms with Gasteiger partial charge in [-0.25, -0.2) is 4.98 Å². The van der Waals surface area contributed by atoms with E-state index in [0.717, 1.165) is 11.4 Å². The highest BCUT2D eigenvalue weighted by Crippen LogP contribution is 2.26. The fourth-order valence-electron chi connectivity index (χ4n) is 2.76. The van der Waals surface area contributed by atoms with Crippen molar-refractivity contribution in [1.82, 2.24) is 24.6 Å². The molecule has 0 spiro atoms. The average molecular weight is 316 g/mol. The SMILES string of the molecule is CNc1nccnc1C1CN(C(=O)c2cn(C)nc2C)CCO1. The predicted molar refractivity (Wildman–Crippen MR) is 84.1 cm³/mol. The maximum absolute atomic E-state index is 12.7. The van der Waals surface area contributed by atoms with Gasteiger partial charge in [-0.3, -0.25) is 14.5 Å². The minimum atomic E-state index is -0.291. The van der Waals surface area contributed by atoms with Crippen LogP contribution < -0.4 is 5.32 Å². The van der Waals surface area contributed by atoms with Crippen LogP contribution in [0.5, 0.6) is 0 Å². The van der Waals surface area contributed by atoms with Gasteiger partial charge >= 0.3 is 0 Å². The Hall–Kier alpha value is -2.48. The molecule has 1 aliphatic rings. The molecule has 1 unspecified atom stereocenters. The summed E-state index contributed by atoms with van der Waals surface area (Å²) in [6.07, 6.45) is 4.72. The Bertz CT molecular complexity index is 714. The summed E-state index contributed by atoms with van der Waals surface area (Å²) < 4.78 is 7.46. The minimum absolute atomic E-state index is 0.0289. The van der Waals surface area contributed by atoms with E-state index >= 15 is 0 Å². The molecule has 3 rings (SSSR count). The fourth-order valence-corrected chi connectivity index (χ4v) is 2.76. The summed E-state index contributed by atoms with van der Waals surface area (Å²) in [7, 11) is 3.60. The molecule has 0 radical (unpaired) electrons. The second kappa shape index (κ2) is 6.33. The average Bonchev–Trinajstić information content (AvgIpc) is 2.92. The van der Waals surface area contributed by atoms with Gasteiger partial charge in [0.15, 0.2) is 0 Å². The molecule has 8 nitrogen and oxygen atoms in total. The maximum atomic E-state index is 12.7. The van der Waals surface area contributed by atoms with Gasteiger partial charge in [-0.05, 0) is 6.92 Å². The van der Waals surface area contributed by atoms with Crippen molar-refractivity contribution in [3.63, 3.8) is 0 Å². The highest BCUT2D eigenvalue weighted by molar-refractivity contribution is 5.95. The normalized spacial score (nSPS) is 18.0. The number of ether oxygens (including phenoxy) is 1. The third kappa shape index (κ3) is 3.02. The van der Waals surface area contributed by atoms with Gasteiger partial charge in [-0.1, -0.05) is 0 Å². The van der Waals surface area contributed by atoms with Crippen molar-refractivity contribution in [3.8, 4) is 0 Å². The first-order valence-corrected chi connectivity index (χ1v) is 7.50. The molecular formula is C15H20N6O2. The number of rotatable bonds is 3. The van der Waals surface area contributed by atoms with Crippen LogP contribution in [0.1, 0.15) is 27.8 Å². The third-order valence-corrected chi connectivity index (χ3v) is 3.87. The van der Waals surface area contributed by atoms with Gasteiger partial charge in [0.2, 0.25) is 0 Å². The number of carbonyl (C=O) groups is 1. The van der Waals surface area contributed by atoms with Crippen molar-refractivity contribution in [1.29, 1.82) is 0 Å². The Morgan fingerprint density at radius 2 is 2.17 bits per heavy atom. The van der Waals surface area contributed by atoms with Crippen molar-refractivity contribution >= 4 is 11.7 Å². The zero-order valence-corrected chi connectivity index (χ0v) is 13.5. The van der Waals surface area contributed by atoms with Crippen LogP contribution in [0.4, 0.5) is 5.82 Å². The first kappa shape index (κ1) is 15.4. The van der Waals surface area contributed by atoms with Gasteiger partial charge in [0.1, 0.15) is 17.6 Å². The molecule has 0 saturated carbocycles. The lowest BCUT2D eigenvalue weighted by Gasteiger charge is -2.33. The lowest BCUT2D eigenvalue weighted by atomic mass is 10.1. The molecule has 1 N–H and O–H groups in total. The second-order valence-electron chi connectivity index (χ2n) is 5.45. The standard InChI is InChI=1S/C15H20N6O2/c1-10-11(8-20(3)19-10)15(22)21-6-7-23-12(9-21)13-14(16-2)18-5-4-17-13/h4-5,8,12H,6-7,9H2,1-3H3,(H,16,18). The van der Waals surface area contributed by atoms with Crippen molar-refractivity contribution < 1.29 is 9.53 Å². The molecule has 23 heavy (non-hydrogen) atoms. The Kier molecular flexibility index (Phi) is 4.24. The second-order valence-corrected chi connectivity index (χ2v) is 5.45. The summed E-state index contributed by atoms with van der Waals surface area (Å²) in [6.45, 7) is 3.31. The molecule has 2 aromatic heterocycles. The number of nitrogens with zero attached hydrogens (tertiary/aromatic N) is 5. The van der Waals surface area contributed by atoms with Gasteiger partial charge in [0.25, 0.3) is 5.91 Å². The van der Waals surface area contributed by atoms with Crippen LogP contribution in [-0.4, -0.2) is 57.3 Å². The molecule has 1 atom stereocenters. The van der Waals surface area contributed by atoms with Gasteiger partial charge in [-0.2, -0.15) is 5.10 Å². The third-order valence-electron chi connectivity index (χ3n) is 3.87. The van der Waals surface area contributed by atoms with Crippen molar-refractivity contribution in [3.05, 3.63) is 35.5 Å². The van der Waals surface area contributed by atoms with Crippen molar-refractivity contribution in [2.75, 3.05) is 32.1 Å². The number of carbonyl (C=O) groups excluding carboxylic acids is 1. The van der Waals surface area contributed by atoms with Gasteiger partial charge in [0, 0.05) is 39.2 Å². The van der Waals surface area contributed by atoms with E-state index in [1.54, 1.807) is 35.2 Å². The molecule has 122 valence electrons. The number of amides is 1. The first-order valence-electron chi connectivity index (χ1n) is 7.50. The summed E-state index contributed by atoms with van der Waals surface area (Å²) in [5.74, 6) is 0.642. The molecular weight excluding hydrogens is 296 g/mol. The van der Waals surface area contributed by atoms with Crippen LogP contribution in [-0.2, 0) is 11.8 Å². The Morgan fingerprint density at radius 1 is 1.39 bits per heavy atom. The monoisotopic (exact) mass is 316 g/mol. The molecule has 2 aromatic rings. The summed E-state index contributed by atoms with van der Waals surface area (Å²) in [5, 5.41) is 7.25. The lowest BCUT2D eigenvalue weighted by Crippen LogP contribution is -2.42. The quantitative estimate of drug-likeness (QED) is 0.900. The van der Waals surface area contributed by atoms with Crippen LogP contribution >= 0.6 is 0 Å². The van der Waals surface area contributed by atoms with Gasteiger partial charge < -0.3 is 15.0 Å². The molecule has 0 bridgehead atoms. The number of hydrogen-bond acceptors (Lipinski definition) is 6. The van der Waals surface area contributed by atoms with E-state index in [9.17, 15) is 4.79 Å². The Balaban J connectivity index is 1.81. The molecule has 1 saturated heterocycles. The molecule has 0 aromatic carbocycles. The van der Waals surface area contributed by atoms with Crippen LogP contribution in [0.25, 0.3) is 0 Å². The molecule has 1 fully saturated rings. The summed E-state index contributed by atoms with van der Waals surface area (Å²) in [5.41, 5.74) is 2.08. The van der Waals surface area contributed by atoms with E-state index < -0.39 is 0 Å². The molecule has 8 heteroatoms. The lowest BCUT2D eigenvalue weighted by molar-refractivity contribution is -0.0245. The Morgan fingerprint density at radius 3 is 2.87 bits per heavy atom. The van der Waals surface area contributed by atoms with Crippen LogP contribution in [0, 0.1) is 6.92 Å². The largest absolute Gasteiger partial charge is 0.372 e. The number of nitrogens with one attached hydrogen (secondary N) is 1. The fraction of sp³-hybridized carbons (Fsp3) is 0.467. The zero-order chi connectivity index (χ0) is 16.4. The summed E-state index contributed by atoms with van der Waals surface area (Å²) in [4.78, 5) is 23.1. The Labute approximate surface area is 134 Å². The van der Waals surface area contributed by atoms with E-state index in [2.05, 4.69) is 20.4 Å². The highest BCUT2D eigenvalue weighted by atomic mass is 16.5. The summed E-state index contributed by atoms with van der Waals surface area (Å²) in [6, 6.07) is 0. The predicted octanol–water partition coefficient (Wildman–Crippen LogP) is 0.774. The number of hydrogen-bond donors (Lipinski definition) is 1. The van der Waals surface area contributed by atoms with Gasteiger partial charge in [0.05, 0.1) is 24.4 Å². The van der Waals surface area contributed by atoms with Crippen LogP contribution in [0.2, 0.25) is 0 Å². The number of anilines is 1. The van der Waals surface area contributed by atoms with E-state index in [-0.39, 0.29) is 12.0 Å². The van der Waals surface area contributed by atoms with E-state index in [4.69, 9.17) is 4.74 Å². The van der Waals surface area contributed by atoms with E-state index in [1.807, 2.05) is 14.0 Å². The molecule has 0 aliphatic carbocycles. The molecule has 3 heterocycles. The van der Waals surface area contributed by atoms with E-state index in [1.165, 1.54) is 0 Å². The summed E-state index contributed by atoms with van der Waals surface area (Å²) >= 11 is 0. The van der Waals surface area contributed by atoms with Crippen LogP contribution in [0.15, 0.2) is 18.6 Å².